The zero-order chi connectivity index (χ0) is 22.9. The Labute approximate surface area is 196 Å². The van der Waals surface area contributed by atoms with Crippen molar-refractivity contribution >= 4 is 17.0 Å². The van der Waals surface area contributed by atoms with Crippen molar-refractivity contribution in [2.75, 3.05) is 18.0 Å². The number of nitrogens with two attached hydrogens (primary N) is 1. The van der Waals surface area contributed by atoms with Crippen LogP contribution < -0.4 is 20.9 Å². The number of anilines is 1. The number of para-hydroxylation sites is 1. The van der Waals surface area contributed by atoms with Gasteiger partial charge in [0.05, 0.1) is 11.7 Å². The van der Waals surface area contributed by atoms with Crippen LogP contribution in [0, 0.1) is 0 Å². The molecule has 8 heteroatoms. The second kappa shape index (κ2) is 6.93. The molecule has 1 saturated carbocycles. The van der Waals surface area contributed by atoms with Gasteiger partial charge in [-0.3, -0.25) is 14.9 Å². The van der Waals surface area contributed by atoms with Gasteiger partial charge in [-0.2, -0.15) is 10.1 Å². The van der Waals surface area contributed by atoms with Crippen LogP contribution in [0.15, 0.2) is 59.4 Å². The first-order chi connectivity index (χ1) is 16.6. The van der Waals surface area contributed by atoms with E-state index in [0.29, 0.717) is 30.1 Å². The molecule has 1 spiro atoms. The third kappa shape index (κ3) is 2.72. The molecule has 0 unspecified atom stereocenters. The Morgan fingerprint density at radius 1 is 1.00 bits per heavy atom. The molecule has 4 N–H and O–H groups in total. The van der Waals surface area contributed by atoms with Gasteiger partial charge < -0.3 is 15.4 Å². The van der Waals surface area contributed by atoms with Crippen LogP contribution >= 0.6 is 0 Å². The Balaban J connectivity index is 1.17. The van der Waals surface area contributed by atoms with Crippen molar-refractivity contribution < 1.29 is 4.74 Å². The summed E-state index contributed by atoms with van der Waals surface area (Å²) in [6, 6.07) is 18.2. The molecule has 1 aliphatic carbocycles. The normalized spacial score (nSPS) is 22.0. The molecule has 4 heterocycles. The topological polar surface area (TPSA) is 113 Å². The number of rotatable bonds is 3. The van der Waals surface area contributed by atoms with Crippen molar-refractivity contribution in [2.24, 2.45) is 5.73 Å². The van der Waals surface area contributed by atoms with E-state index in [-0.39, 0.29) is 17.0 Å². The van der Waals surface area contributed by atoms with Crippen LogP contribution in [0.25, 0.3) is 11.0 Å². The minimum absolute atomic E-state index is 0.146. The van der Waals surface area contributed by atoms with E-state index in [4.69, 9.17) is 15.5 Å². The summed E-state index contributed by atoms with van der Waals surface area (Å²) in [6.07, 6.45) is 3.48. The lowest BCUT2D eigenvalue weighted by Gasteiger charge is -2.41. The van der Waals surface area contributed by atoms with Crippen LogP contribution in [-0.2, 0) is 5.41 Å². The first-order valence-electron chi connectivity index (χ1n) is 11.9. The number of benzene rings is 2. The fraction of sp³-hybridized carbons (Fsp3) is 0.346. The molecule has 2 aromatic heterocycles. The number of H-pyrrole nitrogens is 2. The van der Waals surface area contributed by atoms with Crippen LogP contribution in [0.3, 0.4) is 0 Å². The summed E-state index contributed by atoms with van der Waals surface area (Å²) >= 11 is 0. The molecule has 1 atom stereocenters. The molecule has 2 aliphatic heterocycles. The number of aromatic nitrogens is 4. The van der Waals surface area contributed by atoms with E-state index in [0.717, 1.165) is 42.7 Å². The van der Waals surface area contributed by atoms with Gasteiger partial charge in [-0.1, -0.05) is 48.5 Å². The molecule has 0 bridgehead atoms. The molecule has 8 nitrogen and oxygen atoms in total. The SMILES string of the molecule is N[C@@H]1c2ccccc2OC12CCN(c1nc3[nH]nc(C4(c5ccccc5)CC4)c3c(=O)[nH]1)CC2. The van der Waals surface area contributed by atoms with Gasteiger partial charge in [0.25, 0.3) is 5.56 Å². The van der Waals surface area contributed by atoms with E-state index in [9.17, 15) is 4.79 Å². The molecule has 172 valence electrons. The molecule has 2 aromatic carbocycles. The predicted molar refractivity (Wildman–Crippen MR) is 129 cm³/mol. The van der Waals surface area contributed by atoms with Crippen LogP contribution in [-0.4, -0.2) is 38.9 Å². The van der Waals surface area contributed by atoms with Gasteiger partial charge in [0.15, 0.2) is 5.65 Å². The van der Waals surface area contributed by atoms with Gasteiger partial charge in [0, 0.05) is 36.9 Å². The van der Waals surface area contributed by atoms with Crippen LogP contribution in [0.5, 0.6) is 5.75 Å². The van der Waals surface area contributed by atoms with Gasteiger partial charge in [0.1, 0.15) is 16.7 Å². The minimum Gasteiger partial charge on any atom is -0.485 e. The van der Waals surface area contributed by atoms with Crippen molar-refractivity contribution in [1.82, 2.24) is 20.2 Å². The number of nitrogens with one attached hydrogen (secondary N) is 2. The Bertz CT molecular complexity index is 1450. The Kier molecular flexibility index (Phi) is 4.03. The van der Waals surface area contributed by atoms with Crippen LogP contribution in [0.1, 0.15) is 48.5 Å². The molecule has 7 rings (SSSR count). The van der Waals surface area contributed by atoms with Gasteiger partial charge in [-0.15, -0.1) is 0 Å². The van der Waals surface area contributed by atoms with E-state index in [2.05, 4.69) is 32.2 Å². The molecule has 34 heavy (non-hydrogen) atoms. The first kappa shape index (κ1) is 19.8. The summed E-state index contributed by atoms with van der Waals surface area (Å²) in [5, 5.41) is 8.19. The molecule has 0 radical (unpaired) electrons. The van der Waals surface area contributed by atoms with E-state index >= 15 is 0 Å². The third-order valence-corrected chi connectivity index (χ3v) is 7.99. The highest BCUT2D eigenvalue weighted by molar-refractivity contribution is 5.80. The van der Waals surface area contributed by atoms with E-state index < -0.39 is 5.60 Å². The summed E-state index contributed by atoms with van der Waals surface area (Å²) in [5.74, 6) is 1.45. The fourth-order valence-electron chi connectivity index (χ4n) is 5.87. The summed E-state index contributed by atoms with van der Waals surface area (Å²) in [4.78, 5) is 23.2. The standard InChI is InChI=1S/C26H26N6O2/c27-20-17-8-4-5-9-18(17)34-26(20)12-14-32(15-13-26)24-28-22-19(23(33)29-24)21(30-31-22)25(10-11-25)16-6-2-1-3-7-16/h1-9,20H,10-15,27H2,(H2,28,29,30,31,33)/t20-/m1/s1. The predicted octanol–water partition coefficient (Wildman–Crippen LogP) is 3.16. The van der Waals surface area contributed by atoms with Crippen molar-refractivity contribution in [3.63, 3.8) is 0 Å². The maximum absolute atomic E-state index is 13.3. The molecular weight excluding hydrogens is 428 g/mol. The number of aromatic amines is 2. The fourth-order valence-corrected chi connectivity index (χ4v) is 5.87. The molecule has 4 aromatic rings. The number of hydrogen-bond acceptors (Lipinski definition) is 6. The minimum atomic E-state index is -0.403. The van der Waals surface area contributed by atoms with Crippen molar-refractivity contribution in [2.45, 2.75) is 42.7 Å². The van der Waals surface area contributed by atoms with Crippen LogP contribution in [0.2, 0.25) is 0 Å². The third-order valence-electron chi connectivity index (χ3n) is 7.99. The number of ether oxygens (including phenoxy) is 1. The van der Waals surface area contributed by atoms with E-state index in [1.54, 1.807) is 0 Å². The van der Waals surface area contributed by atoms with Crippen molar-refractivity contribution in [3.8, 4) is 5.75 Å². The van der Waals surface area contributed by atoms with E-state index in [1.807, 2.05) is 42.5 Å². The van der Waals surface area contributed by atoms with Gasteiger partial charge in [-0.25, -0.2) is 0 Å². The van der Waals surface area contributed by atoms with Gasteiger partial charge in [0.2, 0.25) is 5.95 Å². The van der Waals surface area contributed by atoms with Crippen molar-refractivity contribution in [1.29, 1.82) is 0 Å². The van der Waals surface area contributed by atoms with Gasteiger partial charge in [-0.05, 0) is 24.5 Å². The zero-order valence-electron chi connectivity index (χ0n) is 18.8. The number of fused-ring (bicyclic) bond motifs is 2. The summed E-state index contributed by atoms with van der Waals surface area (Å²) < 4.78 is 6.36. The highest BCUT2D eigenvalue weighted by Crippen LogP contribution is 2.54. The lowest BCUT2D eigenvalue weighted by Crippen LogP contribution is -2.52. The average Bonchev–Trinajstić information content (AvgIpc) is 3.49. The number of nitrogens with zero attached hydrogens (tertiary/aromatic N) is 3. The highest BCUT2D eigenvalue weighted by Gasteiger charge is 2.50. The molecule has 0 amide bonds. The average molecular weight is 455 g/mol. The van der Waals surface area contributed by atoms with Gasteiger partial charge >= 0.3 is 0 Å². The number of piperidine rings is 1. The second-order valence-corrected chi connectivity index (χ2v) is 9.80. The second-order valence-electron chi connectivity index (χ2n) is 9.80. The summed E-state index contributed by atoms with van der Waals surface area (Å²) in [5.41, 5.74) is 9.47. The lowest BCUT2D eigenvalue weighted by molar-refractivity contribution is 0.0429. The molecular formula is C26H26N6O2. The Hall–Kier alpha value is -3.65. The summed E-state index contributed by atoms with van der Waals surface area (Å²) in [6.45, 7) is 1.40. The maximum Gasteiger partial charge on any atom is 0.263 e. The summed E-state index contributed by atoms with van der Waals surface area (Å²) in [7, 11) is 0. The quantitative estimate of drug-likeness (QED) is 0.438. The lowest BCUT2D eigenvalue weighted by atomic mass is 9.83. The maximum atomic E-state index is 13.3. The monoisotopic (exact) mass is 454 g/mol. The van der Waals surface area contributed by atoms with Crippen LogP contribution in [0.4, 0.5) is 5.95 Å². The Morgan fingerprint density at radius 3 is 2.47 bits per heavy atom. The molecule has 1 saturated heterocycles. The zero-order valence-corrected chi connectivity index (χ0v) is 18.8. The highest BCUT2D eigenvalue weighted by atomic mass is 16.5. The first-order valence-corrected chi connectivity index (χ1v) is 11.9. The Morgan fingerprint density at radius 2 is 1.74 bits per heavy atom. The largest absolute Gasteiger partial charge is 0.485 e. The molecule has 2 fully saturated rings. The smallest absolute Gasteiger partial charge is 0.263 e. The number of hydrogen-bond donors (Lipinski definition) is 3. The van der Waals surface area contributed by atoms with Crippen molar-refractivity contribution in [3.05, 3.63) is 81.8 Å². The molecule has 3 aliphatic rings. The van der Waals surface area contributed by atoms with E-state index in [1.165, 1.54) is 5.56 Å².